The highest BCUT2D eigenvalue weighted by Crippen LogP contribution is 2.16. The number of nitro benzene ring substituents is 1. The van der Waals surface area contributed by atoms with Gasteiger partial charge in [0.2, 0.25) is 0 Å². The molecule has 0 N–H and O–H groups in total. The van der Waals surface area contributed by atoms with Crippen molar-refractivity contribution in [3.8, 4) is 5.69 Å². The Morgan fingerprint density at radius 1 is 1.15 bits per heavy atom. The van der Waals surface area contributed by atoms with E-state index < -0.39 is 4.92 Å². The highest BCUT2D eigenvalue weighted by Gasteiger charge is 2.13. The van der Waals surface area contributed by atoms with Gasteiger partial charge in [-0.2, -0.15) is 5.10 Å². The first-order valence-electron chi connectivity index (χ1n) is 7.95. The molecule has 4 rings (SSSR count). The average molecular weight is 365 g/mol. The summed E-state index contributed by atoms with van der Waals surface area (Å²) in [6, 6.07) is 11.7. The Morgan fingerprint density at radius 2 is 1.93 bits per heavy atom. The van der Waals surface area contributed by atoms with Gasteiger partial charge < -0.3 is 0 Å². The van der Waals surface area contributed by atoms with Gasteiger partial charge in [0.1, 0.15) is 17.5 Å². The standard InChI is InChI=1S/C18H12FN5O3/c19-13-4-6-14(7-5-13)23-17-16(9-21-23)18(25)22(11-20-17)10-12-2-1-3-15(8-12)24(26)27/h1-9,11H,10H2. The third kappa shape index (κ3) is 3.06. The van der Waals surface area contributed by atoms with Crippen molar-refractivity contribution in [2.75, 3.05) is 0 Å². The van der Waals surface area contributed by atoms with Crippen molar-refractivity contribution in [3.05, 3.63) is 92.9 Å². The molecule has 2 aromatic carbocycles. The molecule has 0 aliphatic heterocycles. The fourth-order valence-corrected chi connectivity index (χ4v) is 2.80. The van der Waals surface area contributed by atoms with E-state index in [-0.39, 0.29) is 23.6 Å². The van der Waals surface area contributed by atoms with Crippen molar-refractivity contribution in [1.82, 2.24) is 19.3 Å². The lowest BCUT2D eigenvalue weighted by atomic mass is 10.2. The van der Waals surface area contributed by atoms with E-state index in [1.807, 2.05) is 0 Å². The van der Waals surface area contributed by atoms with Crippen LogP contribution in [0, 0.1) is 15.9 Å². The summed E-state index contributed by atoms with van der Waals surface area (Å²) in [4.78, 5) is 27.4. The van der Waals surface area contributed by atoms with Crippen LogP contribution in [-0.2, 0) is 6.54 Å². The topological polar surface area (TPSA) is 95.8 Å². The molecule has 0 saturated carbocycles. The van der Waals surface area contributed by atoms with E-state index in [0.29, 0.717) is 22.3 Å². The summed E-state index contributed by atoms with van der Waals surface area (Å²) in [7, 11) is 0. The summed E-state index contributed by atoms with van der Waals surface area (Å²) in [5.74, 6) is -0.373. The Hall–Kier alpha value is -3.88. The molecule has 2 aromatic heterocycles. The Kier molecular flexibility index (Phi) is 3.96. The smallest absolute Gasteiger partial charge is 0.269 e. The minimum absolute atomic E-state index is 0.0429. The first-order chi connectivity index (χ1) is 13.0. The molecular weight excluding hydrogens is 353 g/mol. The van der Waals surface area contributed by atoms with Crippen molar-refractivity contribution < 1.29 is 9.31 Å². The number of rotatable bonds is 4. The van der Waals surface area contributed by atoms with Gasteiger partial charge in [0, 0.05) is 12.1 Å². The number of non-ortho nitro benzene ring substituents is 1. The molecule has 27 heavy (non-hydrogen) atoms. The molecule has 0 saturated heterocycles. The van der Waals surface area contributed by atoms with Gasteiger partial charge in [0.05, 0.1) is 23.4 Å². The molecule has 0 spiro atoms. The zero-order valence-electron chi connectivity index (χ0n) is 13.8. The van der Waals surface area contributed by atoms with Crippen LogP contribution in [0.1, 0.15) is 5.56 Å². The van der Waals surface area contributed by atoms with E-state index in [4.69, 9.17) is 0 Å². The maximum atomic E-state index is 13.1. The predicted molar refractivity (Wildman–Crippen MR) is 95.3 cm³/mol. The quantitative estimate of drug-likeness (QED) is 0.409. The molecule has 4 aromatic rings. The summed E-state index contributed by atoms with van der Waals surface area (Å²) >= 11 is 0. The number of nitro groups is 1. The van der Waals surface area contributed by atoms with E-state index in [1.54, 1.807) is 12.1 Å². The van der Waals surface area contributed by atoms with E-state index in [0.717, 1.165) is 0 Å². The number of nitrogens with zero attached hydrogens (tertiary/aromatic N) is 5. The second kappa shape index (κ2) is 6.45. The monoisotopic (exact) mass is 365 g/mol. The molecule has 0 bridgehead atoms. The fourth-order valence-electron chi connectivity index (χ4n) is 2.80. The zero-order chi connectivity index (χ0) is 19.0. The van der Waals surface area contributed by atoms with Crippen molar-refractivity contribution in [3.63, 3.8) is 0 Å². The van der Waals surface area contributed by atoms with Crippen LogP contribution in [0.2, 0.25) is 0 Å². The third-order valence-electron chi connectivity index (χ3n) is 4.10. The van der Waals surface area contributed by atoms with Gasteiger partial charge in [-0.1, -0.05) is 12.1 Å². The second-order valence-electron chi connectivity index (χ2n) is 5.87. The largest absolute Gasteiger partial charge is 0.294 e. The van der Waals surface area contributed by atoms with E-state index in [1.165, 1.54) is 58.2 Å². The first kappa shape index (κ1) is 16.6. The highest BCUT2D eigenvalue weighted by molar-refractivity contribution is 5.74. The van der Waals surface area contributed by atoms with Crippen LogP contribution >= 0.6 is 0 Å². The van der Waals surface area contributed by atoms with Crippen molar-refractivity contribution in [2.24, 2.45) is 0 Å². The molecule has 0 aliphatic rings. The molecule has 0 atom stereocenters. The summed E-state index contributed by atoms with van der Waals surface area (Å²) in [6.07, 6.45) is 2.77. The van der Waals surface area contributed by atoms with E-state index >= 15 is 0 Å². The molecule has 0 unspecified atom stereocenters. The summed E-state index contributed by atoms with van der Waals surface area (Å²) in [5, 5.41) is 15.4. The fraction of sp³-hybridized carbons (Fsp3) is 0.0556. The normalized spacial score (nSPS) is 11.0. The Morgan fingerprint density at radius 3 is 2.67 bits per heavy atom. The van der Waals surface area contributed by atoms with Crippen LogP contribution in [0.15, 0.2) is 65.8 Å². The lowest BCUT2D eigenvalue weighted by molar-refractivity contribution is -0.384. The molecule has 2 heterocycles. The van der Waals surface area contributed by atoms with Gasteiger partial charge in [0.25, 0.3) is 11.2 Å². The predicted octanol–water partition coefficient (Wildman–Crippen LogP) is 2.68. The third-order valence-corrected chi connectivity index (χ3v) is 4.10. The van der Waals surface area contributed by atoms with Crippen molar-refractivity contribution >= 4 is 16.7 Å². The van der Waals surface area contributed by atoms with Crippen LogP contribution in [0.25, 0.3) is 16.7 Å². The lowest BCUT2D eigenvalue weighted by Gasteiger charge is -2.06. The first-order valence-corrected chi connectivity index (χ1v) is 7.95. The number of hydrogen-bond acceptors (Lipinski definition) is 5. The summed E-state index contributed by atoms with van der Waals surface area (Å²) in [5.41, 5.74) is 1.17. The van der Waals surface area contributed by atoms with Gasteiger partial charge in [-0.15, -0.1) is 0 Å². The Balaban J connectivity index is 1.73. The van der Waals surface area contributed by atoms with Gasteiger partial charge in [0.15, 0.2) is 5.65 Å². The minimum Gasteiger partial charge on any atom is -0.294 e. The maximum Gasteiger partial charge on any atom is 0.269 e. The zero-order valence-corrected chi connectivity index (χ0v) is 13.8. The number of aromatic nitrogens is 4. The molecule has 0 radical (unpaired) electrons. The second-order valence-corrected chi connectivity index (χ2v) is 5.87. The molecular formula is C18H12FN5O3. The average Bonchev–Trinajstić information content (AvgIpc) is 3.10. The van der Waals surface area contributed by atoms with Gasteiger partial charge in [-0.25, -0.2) is 14.1 Å². The molecule has 0 aliphatic carbocycles. The van der Waals surface area contributed by atoms with Crippen LogP contribution in [-0.4, -0.2) is 24.3 Å². The minimum atomic E-state index is -0.486. The number of benzene rings is 2. The molecule has 9 heteroatoms. The van der Waals surface area contributed by atoms with Crippen LogP contribution in [0.4, 0.5) is 10.1 Å². The summed E-state index contributed by atoms with van der Waals surface area (Å²) in [6.45, 7) is 0.144. The number of fused-ring (bicyclic) bond motifs is 1. The lowest BCUT2D eigenvalue weighted by Crippen LogP contribution is -2.21. The number of halogens is 1. The van der Waals surface area contributed by atoms with Crippen LogP contribution in [0.3, 0.4) is 0 Å². The van der Waals surface area contributed by atoms with Gasteiger partial charge in [-0.3, -0.25) is 19.5 Å². The van der Waals surface area contributed by atoms with Crippen molar-refractivity contribution in [2.45, 2.75) is 6.54 Å². The van der Waals surface area contributed by atoms with Gasteiger partial charge in [-0.05, 0) is 29.8 Å². The Labute approximate surface area is 151 Å². The maximum absolute atomic E-state index is 13.1. The molecule has 134 valence electrons. The van der Waals surface area contributed by atoms with Crippen molar-refractivity contribution in [1.29, 1.82) is 0 Å². The van der Waals surface area contributed by atoms with Crippen LogP contribution < -0.4 is 5.56 Å². The Bertz CT molecular complexity index is 1210. The van der Waals surface area contributed by atoms with E-state index in [9.17, 15) is 19.3 Å². The SMILES string of the molecule is O=c1c2cnn(-c3ccc(F)cc3)c2ncn1Cc1cccc([N+](=O)[O-])c1. The highest BCUT2D eigenvalue weighted by atomic mass is 19.1. The molecule has 0 amide bonds. The molecule has 8 nitrogen and oxygen atoms in total. The van der Waals surface area contributed by atoms with Crippen LogP contribution in [0.5, 0.6) is 0 Å². The van der Waals surface area contributed by atoms with E-state index in [2.05, 4.69) is 10.1 Å². The molecule has 0 fully saturated rings. The van der Waals surface area contributed by atoms with Gasteiger partial charge >= 0.3 is 0 Å². The number of hydrogen-bond donors (Lipinski definition) is 0. The summed E-state index contributed by atoms with van der Waals surface area (Å²) < 4.78 is 15.9.